The Hall–Kier alpha value is -1.94. The summed E-state index contributed by atoms with van der Waals surface area (Å²) in [6.07, 6.45) is -4.16. The predicted octanol–water partition coefficient (Wildman–Crippen LogP) is 3.13. The molecule has 0 saturated carbocycles. The van der Waals surface area contributed by atoms with Gasteiger partial charge in [-0.2, -0.15) is 17.5 Å². The summed E-state index contributed by atoms with van der Waals surface area (Å²) in [7, 11) is -3.37. The highest BCUT2D eigenvalue weighted by atomic mass is 32.2. The van der Waals surface area contributed by atoms with Gasteiger partial charge in [-0.3, -0.25) is 0 Å². The lowest BCUT2D eigenvalue weighted by Crippen LogP contribution is -2.50. The van der Waals surface area contributed by atoms with E-state index in [9.17, 15) is 21.6 Å². The molecule has 0 bridgehead atoms. The predicted molar refractivity (Wildman–Crippen MR) is 102 cm³/mol. The number of piperazine rings is 1. The first-order valence-electron chi connectivity index (χ1n) is 9.12. The van der Waals surface area contributed by atoms with Crippen molar-refractivity contribution in [2.24, 2.45) is 0 Å². The van der Waals surface area contributed by atoms with Gasteiger partial charge in [0.05, 0.1) is 16.8 Å². The summed E-state index contributed by atoms with van der Waals surface area (Å²) in [4.78, 5) is 9.60. The molecule has 0 unspecified atom stereocenters. The van der Waals surface area contributed by atoms with E-state index in [1.54, 1.807) is 19.1 Å². The number of sulfonamides is 1. The fourth-order valence-electron chi connectivity index (χ4n) is 3.28. The normalized spacial score (nSPS) is 16.7. The van der Waals surface area contributed by atoms with Crippen LogP contribution in [0.15, 0.2) is 12.1 Å². The number of halogens is 3. The van der Waals surface area contributed by atoms with Crippen molar-refractivity contribution >= 4 is 26.9 Å². The van der Waals surface area contributed by atoms with Crippen molar-refractivity contribution in [3.8, 4) is 0 Å². The lowest BCUT2D eigenvalue weighted by atomic mass is 10.1. The number of fused-ring (bicyclic) bond motifs is 1. The molecular formula is C18H23F3N4O2S. The van der Waals surface area contributed by atoms with E-state index in [0.29, 0.717) is 11.9 Å². The van der Waals surface area contributed by atoms with Crippen LogP contribution in [0.5, 0.6) is 0 Å². The number of nitrogens with zero attached hydrogens (tertiary/aromatic N) is 4. The van der Waals surface area contributed by atoms with Crippen LogP contribution in [0.25, 0.3) is 11.0 Å². The van der Waals surface area contributed by atoms with E-state index in [2.05, 4.69) is 9.97 Å². The first-order chi connectivity index (χ1) is 13.0. The number of hydrogen-bond acceptors (Lipinski definition) is 5. The average molecular weight is 416 g/mol. The number of hydrogen-bond donors (Lipinski definition) is 0. The minimum Gasteiger partial charge on any atom is -0.352 e. The molecule has 154 valence electrons. The molecule has 0 aliphatic carbocycles. The van der Waals surface area contributed by atoms with Crippen LogP contribution in [-0.2, 0) is 16.2 Å². The van der Waals surface area contributed by atoms with Crippen molar-refractivity contribution in [1.82, 2.24) is 14.3 Å². The third-order valence-corrected chi connectivity index (χ3v) is 7.00. The van der Waals surface area contributed by atoms with Gasteiger partial charge in [0.25, 0.3) is 0 Å². The molecule has 3 rings (SSSR count). The van der Waals surface area contributed by atoms with E-state index in [1.807, 2.05) is 13.8 Å². The van der Waals surface area contributed by atoms with Crippen molar-refractivity contribution in [1.29, 1.82) is 0 Å². The second-order valence-corrected chi connectivity index (χ2v) is 9.11. The highest BCUT2D eigenvalue weighted by molar-refractivity contribution is 7.89. The summed E-state index contributed by atoms with van der Waals surface area (Å²) in [5.74, 6) is -0.203. The molecule has 28 heavy (non-hydrogen) atoms. The molecule has 1 aromatic carbocycles. The Morgan fingerprint density at radius 1 is 1.00 bits per heavy atom. The average Bonchev–Trinajstić information content (AvgIpc) is 2.61. The van der Waals surface area contributed by atoms with Gasteiger partial charge < -0.3 is 4.90 Å². The van der Waals surface area contributed by atoms with Crippen LogP contribution in [0.1, 0.15) is 30.2 Å². The Labute approximate surface area is 162 Å². The number of aryl methyl sites for hydroxylation is 2. The maximum Gasteiger partial charge on any atom is 0.437 e. The lowest BCUT2D eigenvalue weighted by molar-refractivity contribution is -0.140. The molecule has 0 amide bonds. The number of alkyl halides is 3. The first kappa shape index (κ1) is 20.8. The molecule has 1 aromatic heterocycles. The highest BCUT2D eigenvalue weighted by Gasteiger charge is 2.39. The van der Waals surface area contributed by atoms with Crippen LogP contribution in [0, 0.1) is 13.8 Å². The number of aromatic nitrogens is 2. The van der Waals surface area contributed by atoms with Gasteiger partial charge in [0.15, 0.2) is 11.5 Å². The summed E-state index contributed by atoms with van der Waals surface area (Å²) in [6, 6.07) is 3.33. The summed E-state index contributed by atoms with van der Waals surface area (Å²) >= 11 is 0. The smallest absolute Gasteiger partial charge is 0.352 e. The van der Waals surface area contributed by atoms with Crippen molar-refractivity contribution in [2.45, 2.75) is 33.4 Å². The van der Waals surface area contributed by atoms with Crippen molar-refractivity contribution in [3.05, 3.63) is 29.0 Å². The molecule has 1 aliphatic heterocycles. The SMILES string of the molecule is CCCS(=O)(=O)N1CCN(c2nc3cc(C)c(C)cc3nc2C(F)(F)F)CC1. The van der Waals surface area contributed by atoms with Crippen LogP contribution in [0.3, 0.4) is 0 Å². The molecule has 1 saturated heterocycles. The molecule has 2 aromatic rings. The van der Waals surface area contributed by atoms with Crippen molar-refractivity contribution < 1.29 is 21.6 Å². The second kappa shape index (κ2) is 7.47. The molecule has 0 N–H and O–H groups in total. The fraction of sp³-hybridized carbons (Fsp3) is 0.556. The van der Waals surface area contributed by atoms with E-state index in [1.165, 1.54) is 9.21 Å². The van der Waals surface area contributed by atoms with Gasteiger partial charge in [0, 0.05) is 26.2 Å². The minimum atomic E-state index is -4.65. The molecule has 1 fully saturated rings. The van der Waals surface area contributed by atoms with E-state index in [4.69, 9.17) is 0 Å². The fourth-order valence-corrected chi connectivity index (χ4v) is 4.77. The maximum atomic E-state index is 13.6. The quantitative estimate of drug-likeness (QED) is 0.766. The van der Waals surface area contributed by atoms with E-state index in [0.717, 1.165) is 11.1 Å². The lowest BCUT2D eigenvalue weighted by Gasteiger charge is -2.35. The van der Waals surface area contributed by atoms with E-state index < -0.39 is 21.9 Å². The van der Waals surface area contributed by atoms with Gasteiger partial charge in [0.2, 0.25) is 10.0 Å². The van der Waals surface area contributed by atoms with E-state index in [-0.39, 0.29) is 43.3 Å². The summed E-state index contributed by atoms with van der Waals surface area (Å²) < 4.78 is 66.7. The number of rotatable bonds is 4. The minimum absolute atomic E-state index is 0.0369. The molecule has 1 aliphatic rings. The van der Waals surface area contributed by atoms with Crippen LogP contribution < -0.4 is 4.90 Å². The monoisotopic (exact) mass is 416 g/mol. The number of benzene rings is 1. The highest BCUT2D eigenvalue weighted by Crippen LogP contribution is 2.36. The van der Waals surface area contributed by atoms with Gasteiger partial charge in [-0.15, -0.1) is 0 Å². The first-order valence-corrected chi connectivity index (χ1v) is 10.7. The molecule has 0 atom stereocenters. The Balaban J connectivity index is 1.97. The summed E-state index contributed by atoms with van der Waals surface area (Å²) in [6.45, 7) is 5.99. The van der Waals surface area contributed by atoms with E-state index >= 15 is 0 Å². The van der Waals surface area contributed by atoms with Gasteiger partial charge in [0.1, 0.15) is 0 Å². The Morgan fingerprint density at radius 2 is 1.54 bits per heavy atom. The zero-order valence-corrected chi connectivity index (χ0v) is 16.9. The maximum absolute atomic E-state index is 13.6. The molecule has 6 nitrogen and oxygen atoms in total. The van der Waals surface area contributed by atoms with Crippen LogP contribution >= 0.6 is 0 Å². The van der Waals surface area contributed by atoms with Crippen LogP contribution in [0.2, 0.25) is 0 Å². The topological polar surface area (TPSA) is 66.4 Å². The van der Waals surface area contributed by atoms with Gasteiger partial charge in [-0.05, 0) is 43.5 Å². The summed E-state index contributed by atoms with van der Waals surface area (Å²) in [5, 5.41) is 0. The van der Waals surface area contributed by atoms with Gasteiger partial charge in [-0.1, -0.05) is 6.92 Å². The second-order valence-electron chi connectivity index (χ2n) is 7.02. The summed E-state index contributed by atoms with van der Waals surface area (Å²) in [5.41, 5.74) is 1.32. The Kier molecular flexibility index (Phi) is 5.55. The zero-order chi connectivity index (χ0) is 20.7. The third-order valence-electron chi connectivity index (χ3n) is 4.92. The third kappa shape index (κ3) is 4.07. The molecule has 2 heterocycles. The Morgan fingerprint density at radius 3 is 2.04 bits per heavy atom. The van der Waals surface area contributed by atoms with Crippen LogP contribution in [-0.4, -0.2) is 54.6 Å². The molecule has 0 radical (unpaired) electrons. The standard InChI is InChI=1S/C18H23F3N4O2S/c1-4-9-28(26,27)25-7-5-24(6-8-25)17-16(18(19,20)21)22-14-10-12(2)13(3)11-15(14)23-17/h10-11H,4-9H2,1-3H3. The Bertz CT molecular complexity index is 984. The molecule has 10 heteroatoms. The van der Waals surface area contributed by atoms with Crippen LogP contribution in [0.4, 0.5) is 19.0 Å². The van der Waals surface area contributed by atoms with Gasteiger partial charge >= 0.3 is 6.18 Å². The van der Waals surface area contributed by atoms with Crippen molar-refractivity contribution in [3.63, 3.8) is 0 Å². The van der Waals surface area contributed by atoms with Gasteiger partial charge in [-0.25, -0.2) is 18.4 Å². The molecular weight excluding hydrogens is 393 g/mol. The molecule has 0 spiro atoms. The van der Waals surface area contributed by atoms with Crippen molar-refractivity contribution in [2.75, 3.05) is 36.8 Å². The number of anilines is 1. The zero-order valence-electron chi connectivity index (χ0n) is 16.0. The largest absolute Gasteiger partial charge is 0.437 e.